The van der Waals surface area contributed by atoms with Gasteiger partial charge in [-0.15, -0.1) is 0 Å². The van der Waals surface area contributed by atoms with Gasteiger partial charge in [-0.05, 0) is 55.9 Å². The first-order chi connectivity index (χ1) is 20.6. The van der Waals surface area contributed by atoms with Gasteiger partial charge in [0.15, 0.2) is 6.35 Å². The van der Waals surface area contributed by atoms with E-state index in [1.807, 2.05) is 65.1 Å². The number of fused-ring (bicyclic) bond motifs is 2. The summed E-state index contributed by atoms with van der Waals surface area (Å²) in [4.78, 5) is 34.6. The van der Waals surface area contributed by atoms with Gasteiger partial charge in [0.1, 0.15) is 0 Å². The van der Waals surface area contributed by atoms with E-state index in [0.29, 0.717) is 19.6 Å². The summed E-state index contributed by atoms with van der Waals surface area (Å²) in [6.07, 6.45) is 5.52. The number of aliphatic hydroxyl groups is 1. The number of aromatic amines is 2. The molecule has 10 nitrogen and oxygen atoms in total. The zero-order valence-corrected chi connectivity index (χ0v) is 26.0. The van der Waals surface area contributed by atoms with E-state index in [-0.39, 0.29) is 23.6 Å². The number of nitrogens with one attached hydrogen (secondary N) is 4. The van der Waals surface area contributed by atoms with Gasteiger partial charge in [-0.2, -0.15) is 0 Å². The lowest BCUT2D eigenvalue weighted by atomic mass is 9.92. The van der Waals surface area contributed by atoms with Crippen LogP contribution < -0.4 is 16.3 Å². The summed E-state index contributed by atoms with van der Waals surface area (Å²) in [5.41, 5.74) is 3.71. The molecule has 1 fully saturated rings. The molecule has 5 N–H and O–H groups in total. The summed E-state index contributed by atoms with van der Waals surface area (Å²) in [6, 6.07) is 15.3. The van der Waals surface area contributed by atoms with Crippen molar-refractivity contribution in [3.8, 4) is 0 Å². The Morgan fingerprint density at radius 3 is 2.47 bits per heavy atom. The molecule has 232 valence electrons. The van der Waals surface area contributed by atoms with E-state index in [1.54, 1.807) is 0 Å². The molecule has 10 heteroatoms. The Kier molecular flexibility index (Phi) is 9.71. The average molecular weight is 591 g/mol. The molecule has 1 aliphatic rings. The molecule has 1 amide bonds. The molecule has 3 heterocycles. The summed E-state index contributed by atoms with van der Waals surface area (Å²) >= 11 is 0. The summed E-state index contributed by atoms with van der Waals surface area (Å²) in [7, 11) is 6.58. The first-order valence-corrected chi connectivity index (χ1v) is 15.6. The maximum atomic E-state index is 13.6. The molecule has 3 atom stereocenters. The molecular formula is C33H48N7O3+. The van der Waals surface area contributed by atoms with Crippen molar-refractivity contribution in [3.63, 3.8) is 0 Å². The van der Waals surface area contributed by atoms with Gasteiger partial charge in [-0.25, -0.2) is 4.79 Å². The first kappa shape index (κ1) is 31.0. The number of carbonyl (C=O) groups is 1. The number of carbonyl (C=O) groups excluding carboxylic acids is 1. The molecule has 43 heavy (non-hydrogen) atoms. The maximum absolute atomic E-state index is 13.6. The number of aliphatic hydroxyl groups excluding tert-OH is 1. The van der Waals surface area contributed by atoms with Crippen molar-refractivity contribution >= 4 is 27.8 Å². The second-order valence-electron chi connectivity index (χ2n) is 13.0. The number of quaternary nitrogens is 1. The first-order valence-electron chi connectivity index (χ1n) is 15.6. The summed E-state index contributed by atoms with van der Waals surface area (Å²) in [5.74, 6) is -0.296. The Hall–Kier alpha value is -3.44. The number of aromatic nitrogens is 3. The Labute approximate surface area is 253 Å². The number of hydrogen-bond donors (Lipinski definition) is 5. The van der Waals surface area contributed by atoms with Gasteiger partial charge in [-0.3, -0.25) is 19.6 Å². The number of likely N-dealkylation sites (tertiary alicyclic amines) is 1. The van der Waals surface area contributed by atoms with Crippen molar-refractivity contribution in [1.29, 1.82) is 0 Å². The second-order valence-corrected chi connectivity index (χ2v) is 13.0. The number of amides is 1. The van der Waals surface area contributed by atoms with Crippen LogP contribution in [-0.4, -0.2) is 94.6 Å². The van der Waals surface area contributed by atoms with Crippen molar-refractivity contribution in [2.24, 2.45) is 0 Å². The monoisotopic (exact) mass is 590 g/mol. The van der Waals surface area contributed by atoms with Crippen LogP contribution in [0.4, 0.5) is 0 Å². The van der Waals surface area contributed by atoms with Gasteiger partial charge in [0.2, 0.25) is 5.91 Å². The molecule has 2 aromatic heterocycles. The zero-order valence-electron chi connectivity index (χ0n) is 26.0. The second kappa shape index (κ2) is 13.5. The fraction of sp³-hybridized carbons (Fsp3) is 0.515. The Balaban J connectivity index is 1.24. The highest BCUT2D eigenvalue weighted by Gasteiger charge is 2.33. The molecule has 5 rings (SSSR count). The summed E-state index contributed by atoms with van der Waals surface area (Å²) in [6.45, 7) is 4.96. The van der Waals surface area contributed by atoms with Crippen LogP contribution in [0.3, 0.4) is 0 Å². The Morgan fingerprint density at radius 2 is 1.72 bits per heavy atom. The number of hydrogen-bond acceptors (Lipinski definition) is 5. The quantitative estimate of drug-likeness (QED) is 0.0929. The third-order valence-corrected chi connectivity index (χ3v) is 8.86. The van der Waals surface area contributed by atoms with Gasteiger partial charge >= 0.3 is 5.69 Å². The fourth-order valence-electron chi connectivity index (χ4n) is 6.40. The van der Waals surface area contributed by atoms with Crippen LogP contribution in [0, 0.1) is 0 Å². The Morgan fingerprint density at radius 1 is 1.02 bits per heavy atom. The average Bonchev–Trinajstić information content (AvgIpc) is 3.57. The number of benzene rings is 2. The predicted molar refractivity (Wildman–Crippen MR) is 172 cm³/mol. The minimum absolute atomic E-state index is 0.0495. The maximum Gasteiger partial charge on any atom is 0.326 e. The fourth-order valence-corrected chi connectivity index (χ4v) is 6.40. The molecule has 0 saturated carbocycles. The van der Waals surface area contributed by atoms with Crippen molar-refractivity contribution in [3.05, 3.63) is 70.8 Å². The molecular weight excluding hydrogens is 542 g/mol. The van der Waals surface area contributed by atoms with E-state index in [1.165, 1.54) is 0 Å². The van der Waals surface area contributed by atoms with Crippen LogP contribution in [0.25, 0.3) is 21.9 Å². The highest BCUT2D eigenvalue weighted by atomic mass is 16.3. The van der Waals surface area contributed by atoms with Crippen LogP contribution in [0.1, 0.15) is 56.6 Å². The SMILES string of the molecule is C[C@@H](c1c[nH]c2ccccc12)[C@@H](NC(O)N1CCC(n2c(=O)[nH]c3ccccc32)CC1)C(=O)NCCCCC[N+](C)(C)C. The predicted octanol–water partition coefficient (Wildman–Crippen LogP) is 3.48. The largest absolute Gasteiger partial charge is 0.365 e. The molecule has 0 aliphatic carbocycles. The molecule has 0 bridgehead atoms. The van der Waals surface area contributed by atoms with Gasteiger partial charge in [0.05, 0.1) is 44.8 Å². The van der Waals surface area contributed by atoms with Gasteiger partial charge < -0.3 is 24.9 Å². The minimum atomic E-state index is -0.992. The number of rotatable bonds is 13. The molecule has 2 aromatic carbocycles. The number of piperidine rings is 1. The lowest BCUT2D eigenvalue weighted by Gasteiger charge is -2.37. The number of imidazole rings is 1. The van der Waals surface area contributed by atoms with E-state index in [0.717, 1.165) is 70.6 Å². The molecule has 1 unspecified atom stereocenters. The number of para-hydroxylation sites is 3. The van der Waals surface area contributed by atoms with Gasteiger partial charge in [0.25, 0.3) is 0 Å². The van der Waals surface area contributed by atoms with Crippen molar-refractivity contribution in [2.45, 2.75) is 63.4 Å². The van der Waals surface area contributed by atoms with E-state index in [2.05, 4.69) is 47.8 Å². The Bertz CT molecular complexity index is 1560. The van der Waals surface area contributed by atoms with E-state index < -0.39 is 12.4 Å². The van der Waals surface area contributed by atoms with E-state index in [4.69, 9.17) is 0 Å². The highest BCUT2D eigenvalue weighted by Crippen LogP contribution is 2.29. The number of H-pyrrole nitrogens is 2. The third-order valence-electron chi connectivity index (χ3n) is 8.86. The summed E-state index contributed by atoms with van der Waals surface area (Å²) < 4.78 is 2.79. The van der Waals surface area contributed by atoms with E-state index >= 15 is 0 Å². The topological polar surface area (TPSA) is 118 Å². The number of nitrogens with zero attached hydrogens (tertiary/aromatic N) is 3. The number of unbranched alkanes of at least 4 members (excludes halogenated alkanes) is 2. The molecule has 0 spiro atoms. The highest BCUT2D eigenvalue weighted by molar-refractivity contribution is 5.87. The van der Waals surface area contributed by atoms with Crippen LogP contribution >= 0.6 is 0 Å². The minimum Gasteiger partial charge on any atom is -0.365 e. The molecule has 4 aromatic rings. The van der Waals surface area contributed by atoms with Gasteiger partial charge in [0, 0.05) is 48.7 Å². The molecule has 1 saturated heterocycles. The third kappa shape index (κ3) is 7.38. The standard InChI is InChI=1S/C33H47N7O3/c1-23(26-22-35-27-13-7-6-12-25(26)27)30(31(41)34-18-10-5-11-21-40(2,3)4)37-32(42)38-19-16-24(17-20-38)39-29-15-9-8-14-28(29)36-33(39)43/h6-9,12-15,22-24,30,32,35,37,42H,5,10-11,16-21H2,1-4H3,(H-,34,36,41,43)/p+1/t23-,30+,32?/m0/s1. The summed E-state index contributed by atoms with van der Waals surface area (Å²) in [5, 5.41) is 18.9. The van der Waals surface area contributed by atoms with Crippen LogP contribution in [-0.2, 0) is 4.79 Å². The van der Waals surface area contributed by atoms with Crippen molar-refractivity contribution in [1.82, 2.24) is 30.1 Å². The van der Waals surface area contributed by atoms with Crippen LogP contribution in [0.5, 0.6) is 0 Å². The van der Waals surface area contributed by atoms with Crippen molar-refractivity contribution < 1.29 is 14.4 Å². The smallest absolute Gasteiger partial charge is 0.326 e. The normalized spacial score (nSPS) is 17.3. The molecule has 0 radical (unpaired) electrons. The van der Waals surface area contributed by atoms with Gasteiger partial charge in [-0.1, -0.05) is 37.3 Å². The lowest BCUT2D eigenvalue weighted by molar-refractivity contribution is -0.870. The van der Waals surface area contributed by atoms with E-state index in [9.17, 15) is 14.7 Å². The molecule has 1 aliphatic heterocycles. The van der Waals surface area contributed by atoms with Crippen molar-refractivity contribution in [2.75, 3.05) is 47.3 Å². The lowest BCUT2D eigenvalue weighted by Crippen LogP contribution is -2.57. The van der Waals surface area contributed by atoms with Crippen LogP contribution in [0.15, 0.2) is 59.5 Å². The van der Waals surface area contributed by atoms with Crippen LogP contribution in [0.2, 0.25) is 0 Å². The zero-order chi connectivity index (χ0) is 30.6.